The zero-order valence-corrected chi connectivity index (χ0v) is 22.4. The average molecular weight is 588 g/mol. The van der Waals surface area contributed by atoms with E-state index in [0.29, 0.717) is 49.2 Å². The minimum atomic E-state index is -4.66. The Hall–Kier alpha value is -4.30. The normalized spacial score (nSPS) is 14.2. The summed E-state index contributed by atoms with van der Waals surface area (Å²) in [5.41, 5.74) is -0.631. The first-order chi connectivity index (χ1) is 19.6. The van der Waals surface area contributed by atoms with Crippen molar-refractivity contribution in [3.05, 3.63) is 63.5 Å². The van der Waals surface area contributed by atoms with Crippen LogP contribution in [0.25, 0.3) is 32.6 Å². The number of hydrogen-bond donors (Lipinski definition) is 3. The molecule has 4 aromatic rings. The van der Waals surface area contributed by atoms with Crippen LogP contribution in [-0.4, -0.2) is 51.4 Å². The fourth-order valence-electron chi connectivity index (χ4n) is 4.72. The second-order valence-electron chi connectivity index (χ2n) is 9.30. The molecule has 1 aromatic carbocycles. The van der Waals surface area contributed by atoms with E-state index in [-0.39, 0.29) is 27.8 Å². The maximum absolute atomic E-state index is 13.4. The summed E-state index contributed by atoms with van der Waals surface area (Å²) in [6.07, 6.45) is -0.664. The van der Waals surface area contributed by atoms with E-state index in [1.165, 1.54) is 24.5 Å². The van der Waals surface area contributed by atoms with Crippen LogP contribution in [0.4, 0.5) is 23.8 Å². The number of amides is 2. The van der Waals surface area contributed by atoms with Gasteiger partial charge in [0.2, 0.25) is 5.43 Å². The van der Waals surface area contributed by atoms with Gasteiger partial charge in [-0.3, -0.25) is 10.1 Å². The first kappa shape index (κ1) is 28.2. The number of alkyl halides is 3. The molecule has 1 aliphatic heterocycles. The van der Waals surface area contributed by atoms with Crippen LogP contribution in [0.1, 0.15) is 41.9 Å². The molecule has 4 heterocycles. The molecule has 0 radical (unpaired) electrons. The SMILES string of the molecule is CCNC(=O)Nc1cc(-c2nc(C(F)(F)F)cs2)c(-c2ccc3c(c2)c(=O)c(C(=O)O)cn3C2CCOCC2)cn1. The third-order valence-corrected chi connectivity index (χ3v) is 7.54. The van der Waals surface area contributed by atoms with E-state index < -0.39 is 34.9 Å². The molecule has 214 valence electrons. The third kappa shape index (κ3) is 5.79. The topological polar surface area (TPSA) is 135 Å². The summed E-state index contributed by atoms with van der Waals surface area (Å²) in [4.78, 5) is 45.3. The minimum Gasteiger partial charge on any atom is -0.477 e. The third-order valence-electron chi connectivity index (χ3n) is 6.67. The summed E-state index contributed by atoms with van der Waals surface area (Å²) in [5.74, 6) is -1.29. The number of ether oxygens (including phenoxy) is 1. The van der Waals surface area contributed by atoms with Gasteiger partial charge in [0.25, 0.3) is 0 Å². The maximum atomic E-state index is 13.4. The quantitative estimate of drug-likeness (QED) is 0.275. The molecule has 14 heteroatoms. The Balaban J connectivity index is 1.68. The van der Waals surface area contributed by atoms with Gasteiger partial charge in [-0.25, -0.2) is 19.6 Å². The summed E-state index contributed by atoms with van der Waals surface area (Å²) in [7, 11) is 0. The van der Waals surface area contributed by atoms with E-state index in [0.717, 1.165) is 16.7 Å². The monoisotopic (exact) mass is 587 g/mol. The van der Waals surface area contributed by atoms with E-state index in [2.05, 4.69) is 20.6 Å². The van der Waals surface area contributed by atoms with Gasteiger partial charge in [0.1, 0.15) is 16.4 Å². The van der Waals surface area contributed by atoms with Gasteiger partial charge in [-0.1, -0.05) is 6.07 Å². The van der Waals surface area contributed by atoms with Gasteiger partial charge in [-0.2, -0.15) is 13.2 Å². The number of aromatic carboxylic acids is 1. The highest BCUT2D eigenvalue weighted by atomic mass is 32.1. The number of carboxylic acids is 1. The Kier molecular flexibility index (Phi) is 7.78. The summed E-state index contributed by atoms with van der Waals surface area (Å²) in [6, 6.07) is 5.66. The molecule has 5 rings (SSSR count). The molecule has 10 nitrogen and oxygen atoms in total. The number of carboxylic acid groups (broad SMARTS) is 1. The molecule has 3 aromatic heterocycles. The molecule has 2 amide bonds. The van der Waals surface area contributed by atoms with Gasteiger partial charge in [0, 0.05) is 60.1 Å². The van der Waals surface area contributed by atoms with Crippen molar-refractivity contribution >= 4 is 40.1 Å². The van der Waals surface area contributed by atoms with Crippen LogP contribution in [-0.2, 0) is 10.9 Å². The highest BCUT2D eigenvalue weighted by Gasteiger charge is 2.34. The number of carbonyl (C=O) groups is 2. The van der Waals surface area contributed by atoms with E-state index in [4.69, 9.17) is 4.74 Å². The second kappa shape index (κ2) is 11.3. The number of carbonyl (C=O) groups excluding carboxylic acids is 1. The summed E-state index contributed by atoms with van der Waals surface area (Å²) >= 11 is 0.768. The van der Waals surface area contributed by atoms with Gasteiger partial charge in [0.15, 0.2) is 5.69 Å². The molecule has 0 atom stereocenters. The van der Waals surface area contributed by atoms with Crippen LogP contribution in [0, 0.1) is 0 Å². The predicted molar refractivity (Wildman–Crippen MR) is 146 cm³/mol. The number of hydrogen-bond acceptors (Lipinski definition) is 7. The summed E-state index contributed by atoms with van der Waals surface area (Å²) in [6.45, 7) is 3.07. The van der Waals surface area contributed by atoms with Crippen molar-refractivity contribution in [1.82, 2.24) is 19.9 Å². The fourth-order valence-corrected chi connectivity index (χ4v) is 5.58. The number of fused-ring (bicyclic) bond motifs is 1. The molecule has 1 fully saturated rings. The number of anilines is 1. The summed E-state index contributed by atoms with van der Waals surface area (Å²) in [5, 5.41) is 15.9. The number of urea groups is 1. The molecule has 0 unspecified atom stereocenters. The van der Waals surface area contributed by atoms with Crippen molar-refractivity contribution < 1.29 is 32.6 Å². The number of rotatable bonds is 6. The van der Waals surface area contributed by atoms with Gasteiger partial charge >= 0.3 is 18.2 Å². The van der Waals surface area contributed by atoms with E-state index in [1.54, 1.807) is 23.6 Å². The lowest BCUT2D eigenvalue weighted by Crippen LogP contribution is -2.28. The van der Waals surface area contributed by atoms with Crippen LogP contribution >= 0.6 is 11.3 Å². The molecule has 1 aliphatic rings. The Bertz CT molecular complexity index is 1700. The van der Waals surface area contributed by atoms with Gasteiger partial charge in [-0.15, -0.1) is 11.3 Å². The lowest BCUT2D eigenvalue weighted by molar-refractivity contribution is -0.140. The molecule has 0 spiro atoms. The molecule has 41 heavy (non-hydrogen) atoms. The summed E-state index contributed by atoms with van der Waals surface area (Å²) < 4.78 is 47.3. The molecule has 0 bridgehead atoms. The number of aromatic nitrogens is 3. The molecule has 3 N–H and O–H groups in total. The Morgan fingerprint density at radius 2 is 1.95 bits per heavy atom. The lowest BCUT2D eigenvalue weighted by atomic mass is 9.98. The minimum absolute atomic E-state index is 0.0210. The van der Waals surface area contributed by atoms with Crippen molar-refractivity contribution in [3.63, 3.8) is 0 Å². The zero-order valence-electron chi connectivity index (χ0n) is 21.6. The first-order valence-corrected chi connectivity index (χ1v) is 13.5. The van der Waals surface area contributed by atoms with Crippen molar-refractivity contribution in [2.45, 2.75) is 32.0 Å². The second-order valence-corrected chi connectivity index (χ2v) is 10.2. The van der Waals surface area contributed by atoms with Gasteiger partial charge < -0.3 is 19.7 Å². The molecular weight excluding hydrogens is 563 g/mol. The lowest BCUT2D eigenvalue weighted by Gasteiger charge is -2.27. The molecule has 0 aliphatic carbocycles. The van der Waals surface area contributed by atoms with Gasteiger partial charge in [0.05, 0.1) is 5.52 Å². The standard InChI is InChI=1S/C27H24F3N5O5S/c1-2-31-26(39)34-22-10-16(24-33-21(13-41-24)27(28,29)30)18(11-32-22)14-3-4-20-17(9-14)23(36)19(25(37)38)12-35(20)15-5-7-40-8-6-15/h3-4,9-13,15H,2,5-8H2,1H3,(H,37,38)(H2,31,32,34,39). The van der Waals surface area contributed by atoms with Crippen molar-refractivity contribution in [2.24, 2.45) is 0 Å². The molecule has 0 saturated carbocycles. The average Bonchev–Trinajstić information content (AvgIpc) is 3.45. The Labute approximate surface area is 234 Å². The number of nitrogens with one attached hydrogen (secondary N) is 2. The van der Waals surface area contributed by atoms with E-state index >= 15 is 0 Å². The van der Waals surface area contributed by atoms with Gasteiger partial charge in [-0.05, 0) is 43.5 Å². The first-order valence-electron chi connectivity index (χ1n) is 12.6. The van der Waals surface area contributed by atoms with Crippen LogP contribution in [0.2, 0.25) is 0 Å². The molecule has 1 saturated heterocycles. The number of halogens is 3. The number of pyridine rings is 2. The van der Waals surface area contributed by atoms with Crippen molar-refractivity contribution in [3.8, 4) is 21.7 Å². The van der Waals surface area contributed by atoms with E-state index in [9.17, 15) is 32.7 Å². The zero-order chi connectivity index (χ0) is 29.3. The van der Waals surface area contributed by atoms with Crippen molar-refractivity contribution in [1.29, 1.82) is 0 Å². The largest absolute Gasteiger partial charge is 0.477 e. The highest BCUT2D eigenvalue weighted by molar-refractivity contribution is 7.13. The molecular formula is C27H24F3N5O5S. The highest BCUT2D eigenvalue weighted by Crippen LogP contribution is 2.39. The Morgan fingerprint density at radius 3 is 2.61 bits per heavy atom. The predicted octanol–water partition coefficient (Wildman–Crippen LogP) is 5.40. The number of thiazole rings is 1. The number of benzene rings is 1. The van der Waals surface area contributed by atoms with Crippen molar-refractivity contribution in [2.75, 3.05) is 25.1 Å². The number of nitrogens with zero attached hydrogens (tertiary/aromatic N) is 3. The maximum Gasteiger partial charge on any atom is 0.434 e. The van der Waals surface area contributed by atoms with Crippen LogP contribution in [0.5, 0.6) is 0 Å². The van der Waals surface area contributed by atoms with Crippen LogP contribution in [0.3, 0.4) is 0 Å². The van der Waals surface area contributed by atoms with Crippen LogP contribution in [0.15, 0.2) is 46.8 Å². The van der Waals surface area contributed by atoms with E-state index in [1.807, 2.05) is 0 Å². The fraction of sp³-hybridized carbons (Fsp3) is 0.296. The smallest absolute Gasteiger partial charge is 0.434 e. The van der Waals surface area contributed by atoms with Crippen LogP contribution < -0.4 is 16.1 Å². The Morgan fingerprint density at radius 1 is 1.20 bits per heavy atom.